The highest BCUT2D eigenvalue weighted by molar-refractivity contribution is 5.74. The van der Waals surface area contributed by atoms with Crippen LogP contribution in [-0.4, -0.2) is 49.9 Å². The van der Waals surface area contributed by atoms with Crippen molar-refractivity contribution in [1.29, 1.82) is 0 Å². The van der Waals surface area contributed by atoms with Gasteiger partial charge < -0.3 is 19.7 Å². The van der Waals surface area contributed by atoms with E-state index in [1.807, 2.05) is 44.2 Å². The molecule has 0 bridgehead atoms. The number of urea groups is 1. The first kappa shape index (κ1) is 15.8. The third kappa shape index (κ3) is 4.44. The maximum Gasteiger partial charge on any atom is 0.317 e. The van der Waals surface area contributed by atoms with Gasteiger partial charge in [0.2, 0.25) is 0 Å². The summed E-state index contributed by atoms with van der Waals surface area (Å²) in [5, 5.41) is 2.95. The van der Waals surface area contributed by atoms with Crippen LogP contribution in [0.1, 0.15) is 25.5 Å². The molecule has 1 aromatic carbocycles. The van der Waals surface area contributed by atoms with Gasteiger partial charge in [0.05, 0.1) is 24.9 Å². The number of nitrogens with one attached hydrogen (secondary N) is 1. The van der Waals surface area contributed by atoms with Gasteiger partial charge in [-0.3, -0.25) is 0 Å². The molecule has 1 saturated heterocycles. The fourth-order valence-corrected chi connectivity index (χ4v) is 2.49. The predicted octanol–water partition coefficient (Wildman–Crippen LogP) is 2.19. The average Bonchev–Trinajstić information content (AvgIpc) is 2.47. The lowest BCUT2D eigenvalue weighted by atomic mass is 10.1. The predicted molar refractivity (Wildman–Crippen MR) is 81.2 cm³/mol. The Hall–Kier alpha value is -1.59. The summed E-state index contributed by atoms with van der Waals surface area (Å²) in [6, 6.07) is 9.83. The van der Waals surface area contributed by atoms with Crippen molar-refractivity contribution in [2.45, 2.75) is 25.6 Å². The van der Waals surface area contributed by atoms with Gasteiger partial charge in [-0.2, -0.15) is 0 Å². The van der Waals surface area contributed by atoms with Gasteiger partial charge in [-0.25, -0.2) is 4.79 Å². The van der Waals surface area contributed by atoms with Crippen LogP contribution in [0, 0.1) is 0 Å². The standard InChI is InChI=1S/C16H24N2O3/c1-16(2)12-18(9-10-21-16)15(19)17-11-14(20-3)13-7-5-4-6-8-13/h4-8,14H,9-12H2,1-3H3,(H,17,19). The molecule has 0 aromatic heterocycles. The molecule has 1 aliphatic rings. The number of benzene rings is 1. The van der Waals surface area contributed by atoms with Gasteiger partial charge in [0, 0.05) is 20.2 Å². The van der Waals surface area contributed by atoms with E-state index in [0.717, 1.165) is 5.56 Å². The monoisotopic (exact) mass is 292 g/mol. The van der Waals surface area contributed by atoms with Gasteiger partial charge in [-0.05, 0) is 19.4 Å². The molecular weight excluding hydrogens is 268 g/mol. The Morgan fingerprint density at radius 2 is 2.14 bits per heavy atom. The summed E-state index contributed by atoms with van der Waals surface area (Å²) >= 11 is 0. The molecule has 0 radical (unpaired) electrons. The van der Waals surface area contributed by atoms with Crippen LogP contribution in [0.25, 0.3) is 0 Å². The summed E-state index contributed by atoms with van der Waals surface area (Å²) in [5.41, 5.74) is 0.776. The smallest absolute Gasteiger partial charge is 0.317 e. The summed E-state index contributed by atoms with van der Waals surface area (Å²) in [5.74, 6) is 0. The maximum absolute atomic E-state index is 12.2. The highest BCUT2D eigenvalue weighted by Gasteiger charge is 2.30. The number of methoxy groups -OCH3 is 1. The topological polar surface area (TPSA) is 50.8 Å². The van der Waals surface area contributed by atoms with Gasteiger partial charge in [0.1, 0.15) is 0 Å². The first-order chi connectivity index (χ1) is 10.0. The van der Waals surface area contributed by atoms with Gasteiger partial charge in [0.25, 0.3) is 0 Å². The first-order valence-corrected chi connectivity index (χ1v) is 7.26. The quantitative estimate of drug-likeness (QED) is 0.925. The van der Waals surface area contributed by atoms with Crippen molar-refractivity contribution in [2.24, 2.45) is 0 Å². The molecule has 1 aliphatic heterocycles. The van der Waals surface area contributed by atoms with Crippen LogP contribution < -0.4 is 5.32 Å². The van der Waals surface area contributed by atoms with Gasteiger partial charge in [-0.1, -0.05) is 30.3 Å². The van der Waals surface area contributed by atoms with Gasteiger partial charge in [-0.15, -0.1) is 0 Å². The lowest BCUT2D eigenvalue weighted by Crippen LogP contribution is -2.53. The molecule has 1 N–H and O–H groups in total. The molecule has 21 heavy (non-hydrogen) atoms. The maximum atomic E-state index is 12.2. The molecule has 1 aromatic rings. The minimum atomic E-state index is -0.282. The summed E-state index contributed by atoms with van der Waals surface area (Å²) in [6.45, 7) is 6.24. The van der Waals surface area contributed by atoms with Gasteiger partial charge >= 0.3 is 6.03 Å². The second-order valence-electron chi connectivity index (χ2n) is 5.85. The number of hydrogen-bond donors (Lipinski definition) is 1. The van der Waals surface area contributed by atoms with Gasteiger partial charge in [0.15, 0.2) is 0 Å². The van der Waals surface area contributed by atoms with E-state index < -0.39 is 0 Å². The number of nitrogens with zero attached hydrogens (tertiary/aromatic N) is 1. The van der Waals surface area contributed by atoms with E-state index >= 15 is 0 Å². The summed E-state index contributed by atoms with van der Waals surface area (Å²) < 4.78 is 11.1. The van der Waals surface area contributed by atoms with E-state index in [1.54, 1.807) is 12.0 Å². The molecule has 2 amide bonds. The molecule has 0 saturated carbocycles. The van der Waals surface area contributed by atoms with Crippen molar-refractivity contribution < 1.29 is 14.3 Å². The zero-order valence-electron chi connectivity index (χ0n) is 13.0. The lowest BCUT2D eigenvalue weighted by Gasteiger charge is -2.38. The van der Waals surface area contributed by atoms with Crippen LogP contribution in [0.4, 0.5) is 4.79 Å². The van der Waals surface area contributed by atoms with E-state index in [0.29, 0.717) is 26.2 Å². The Morgan fingerprint density at radius 1 is 1.43 bits per heavy atom. The van der Waals surface area contributed by atoms with Crippen molar-refractivity contribution in [1.82, 2.24) is 10.2 Å². The van der Waals surface area contributed by atoms with Crippen LogP contribution in [0.5, 0.6) is 0 Å². The highest BCUT2D eigenvalue weighted by Crippen LogP contribution is 2.17. The number of carbonyl (C=O) groups is 1. The molecular formula is C16H24N2O3. The Kier molecular flexibility index (Phi) is 5.20. The zero-order valence-corrected chi connectivity index (χ0v) is 13.0. The Balaban J connectivity index is 1.88. The zero-order chi connectivity index (χ0) is 15.3. The molecule has 1 atom stereocenters. The van der Waals surface area contributed by atoms with E-state index in [9.17, 15) is 4.79 Å². The number of ether oxygens (including phenoxy) is 2. The van der Waals surface area contributed by atoms with E-state index in [1.165, 1.54) is 0 Å². The third-order valence-electron chi connectivity index (χ3n) is 3.61. The van der Waals surface area contributed by atoms with Crippen molar-refractivity contribution in [3.63, 3.8) is 0 Å². The fraction of sp³-hybridized carbons (Fsp3) is 0.562. The van der Waals surface area contributed by atoms with Crippen molar-refractivity contribution >= 4 is 6.03 Å². The first-order valence-electron chi connectivity index (χ1n) is 7.26. The minimum Gasteiger partial charge on any atom is -0.375 e. The summed E-state index contributed by atoms with van der Waals surface area (Å²) in [6.07, 6.45) is -0.135. The normalized spacial score (nSPS) is 19.1. The second kappa shape index (κ2) is 6.91. The fourth-order valence-electron chi connectivity index (χ4n) is 2.49. The minimum absolute atomic E-state index is 0.0654. The molecule has 5 nitrogen and oxygen atoms in total. The molecule has 1 unspecified atom stereocenters. The van der Waals surface area contributed by atoms with Crippen LogP contribution in [0.15, 0.2) is 30.3 Å². The number of amides is 2. The van der Waals surface area contributed by atoms with Crippen molar-refractivity contribution in [2.75, 3.05) is 33.4 Å². The number of rotatable bonds is 4. The Labute approximate surface area is 126 Å². The van der Waals surface area contributed by atoms with E-state index in [-0.39, 0.29) is 17.7 Å². The molecule has 5 heteroatoms. The van der Waals surface area contributed by atoms with Crippen molar-refractivity contribution in [3.05, 3.63) is 35.9 Å². The van der Waals surface area contributed by atoms with E-state index in [2.05, 4.69) is 5.32 Å². The highest BCUT2D eigenvalue weighted by atomic mass is 16.5. The van der Waals surface area contributed by atoms with Crippen LogP contribution in [-0.2, 0) is 9.47 Å². The summed E-state index contributed by atoms with van der Waals surface area (Å²) in [4.78, 5) is 14.0. The number of morpholine rings is 1. The molecule has 1 fully saturated rings. The Morgan fingerprint density at radius 3 is 2.76 bits per heavy atom. The molecule has 0 spiro atoms. The number of carbonyl (C=O) groups excluding carboxylic acids is 1. The molecule has 1 heterocycles. The molecule has 0 aliphatic carbocycles. The lowest BCUT2D eigenvalue weighted by molar-refractivity contribution is -0.0735. The largest absolute Gasteiger partial charge is 0.375 e. The molecule has 116 valence electrons. The SMILES string of the molecule is COC(CNC(=O)N1CCOC(C)(C)C1)c1ccccc1. The third-order valence-corrected chi connectivity index (χ3v) is 3.61. The van der Waals surface area contributed by atoms with Crippen LogP contribution in [0.2, 0.25) is 0 Å². The Bertz CT molecular complexity index is 462. The van der Waals surface area contributed by atoms with Crippen LogP contribution >= 0.6 is 0 Å². The van der Waals surface area contributed by atoms with Crippen LogP contribution in [0.3, 0.4) is 0 Å². The average molecular weight is 292 g/mol. The molecule has 2 rings (SSSR count). The van der Waals surface area contributed by atoms with E-state index in [4.69, 9.17) is 9.47 Å². The van der Waals surface area contributed by atoms with Crippen molar-refractivity contribution in [3.8, 4) is 0 Å². The summed E-state index contributed by atoms with van der Waals surface area (Å²) in [7, 11) is 1.65. The number of hydrogen-bond acceptors (Lipinski definition) is 3. The second-order valence-corrected chi connectivity index (χ2v) is 5.85.